The van der Waals surface area contributed by atoms with Crippen LogP contribution in [0.15, 0.2) is 30.3 Å². The lowest BCUT2D eigenvalue weighted by molar-refractivity contribution is -0.127. The van der Waals surface area contributed by atoms with Crippen LogP contribution in [0.2, 0.25) is 0 Å². The minimum absolute atomic E-state index is 0.193. The lowest BCUT2D eigenvalue weighted by Crippen LogP contribution is -2.40. The lowest BCUT2D eigenvalue weighted by atomic mass is 9.90. The molecule has 2 aliphatic heterocycles. The van der Waals surface area contributed by atoms with Crippen LogP contribution < -0.4 is 5.32 Å². The van der Waals surface area contributed by atoms with Gasteiger partial charge in [0.15, 0.2) is 0 Å². The van der Waals surface area contributed by atoms with Gasteiger partial charge in [-0.05, 0) is 31.2 Å². The maximum atomic E-state index is 12.2. The second kappa shape index (κ2) is 7.45. The number of ether oxygens (including phenoxy) is 1. The third-order valence-corrected chi connectivity index (χ3v) is 5.51. The number of amides is 1. The molecule has 2 saturated heterocycles. The highest BCUT2D eigenvalue weighted by Crippen LogP contribution is 2.36. The average molecular weight is 316 g/mol. The molecule has 1 N–H and O–H groups in total. The molecule has 0 saturated carbocycles. The van der Waals surface area contributed by atoms with E-state index < -0.39 is 0 Å². The summed E-state index contributed by atoms with van der Waals surface area (Å²) in [5.74, 6) is 1.29. The van der Waals surface area contributed by atoms with Gasteiger partial charge in [-0.2, -0.15) is 0 Å². The van der Waals surface area contributed by atoms with Gasteiger partial charge >= 0.3 is 0 Å². The third-order valence-electron chi connectivity index (χ3n) is 5.51. The van der Waals surface area contributed by atoms with Crippen molar-refractivity contribution < 1.29 is 9.53 Å². The first-order valence-electron chi connectivity index (χ1n) is 8.78. The zero-order valence-electron chi connectivity index (χ0n) is 14.2. The molecule has 0 bridgehead atoms. The smallest absolute Gasteiger partial charge is 0.223 e. The number of likely N-dealkylation sites (tertiary alicyclic amines) is 1. The first kappa shape index (κ1) is 16.5. The molecule has 3 rings (SSSR count). The van der Waals surface area contributed by atoms with Gasteiger partial charge in [-0.1, -0.05) is 30.3 Å². The van der Waals surface area contributed by atoms with Gasteiger partial charge in [-0.25, -0.2) is 0 Å². The van der Waals surface area contributed by atoms with Crippen LogP contribution in [0, 0.1) is 11.8 Å². The van der Waals surface area contributed by atoms with E-state index in [4.69, 9.17) is 4.74 Å². The Morgan fingerprint density at radius 3 is 2.65 bits per heavy atom. The molecule has 1 amide bonds. The molecule has 126 valence electrons. The first-order valence-corrected chi connectivity index (χ1v) is 8.78. The molecule has 1 aromatic carbocycles. The molecular formula is C19H28N2O2. The largest absolute Gasteiger partial charge is 0.381 e. The minimum atomic E-state index is 0.193. The summed E-state index contributed by atoms with van der Waals surface area (Å²) in [5.41, 5.74) is 1.24. The fourth-order valence-corrected chi connectivity index (χ4v) is 4.00. The summed E-state index contributed by atoms with van der Waals surface area (Å²) < 4.78 is 5.45. The molecule has 0 unspecified atom stereocenters. The van der Waals surface area contributed by atoms with E-state index in [0.717, 1.165) is 32.6 Å². The molecule has 2 heterocycles. The second-order valence-electron chi connectivity index (χ2n) is 6.97. The van der Waals surface area contributed by atoms with Crippen molar-refractivity contribution in [3.8, 4) is 0 Å². The number of nitrogens with one attached hydrogen (secondary N) is 1. The zero-order valence-corrected chi connectivity index (χ0v) is 14.2. The van der Waals surface area contributed by atoms with Crippen molar-refractivity contribution in [2.24, 2.45) is 11.8 Å². The van der Waals surface area contributed by atoms with Gasteiger partial charge in [-0.3, -0.25) is 4.79 Å². The van der Waals surface area contributed by atoms with Crippen LogP contribution in [0.3, 0.4) is 0 Å². The highest BCUT2D eigenvalue weighted by Gasteiger charge is 2.38. The molecule has 0 radical (unpaired) electrons. The van der Waals surface area contributed by atoms with Crippen LogP contribution in [-0.4, -0.2) is 43.7 Å². The van der Waals surface area contributed by atoms with E-state index in [2.05, 4.69) is 36.5 Å². The van der Waals surface area contributed by atoms with E-state index in [0.29, 0.717) is 24.3 Å². The standard InChI is InChI=1S/C19H28N2O2/c1-14(15-8-10-23-11-9-15)20-13-17-12-18(22)21(2)19(17)16-6-4-3-5-7-16/h3-7,14-15,17,19-20H,8-13H2,1-2H3/t14-,17+,19-/m0/s1. The quantitative estimate of drug-likeness (QED) is 0.908. The number of benzene rings is 1. The monoisotopic (exact) mass is 316 g/mol. The van der Waals surface area contributed by atoms with Crippen molar-refractivity contribution in [3.63, 3.8) is 0 Å². The maximum absolute atomic E-state index is 12.2. The third kappa shape index (κ3) is 3.75. The summed E-state index contributed by atoms with van der Waals surface area (Å²) in [6.45, 7) is 4.93. The van der Waals surface area contributed by atoms with Crippen molar-refractivity contribution in [2.45, 2.75) is 38.3 Å². The van der Waals surface area contributed by atoms with Crippen LogP contribution in [0.25, 0.3) is 0 Å². The second-order valence-corrected chi connectivity index (χ2v) is 6.97. The van der Waals surface area contributed by atoms with Gasteiger partial charge in [0.1, 0.15) is 0 Å². The SMILES string of the molecule is C[C@H](NC[C@H]1CC(=O)N(C)[C@H]1c1ccccc1)C1CCOCC1. The molecule has 0 aromatic heterocycles. The number of rotatable bonds is 5. The molecule has 3 atom stereocenters. The Labute approximate surface area is 139 Å². The number of carbonyl (C=O) groups is 1. The molecule has 23 heavy (non-hydrogen) atoms. The summed E-state index contributed by atoms with van der Waals surface area (Å²) >= 11 is 0. The van der Waals surface area contributed by atoms with Gasteiger partial charge in [0.25, 0.3) is 0 Å². The minimum Gasteiger partial charge on any atom is -0.381 e. The maximum Gasteiger partial charge on any atom is 0.223 e. The predicted molar refractivity (Wildman–Crippen MR) is 91.1 cm³/mol. The van der Waals surface area contributed by atoms with Crippen LogP contribution in [0.1, 0.15) is 37.8 Å². The van der Waals surface area contributed by atoms with Crippen LogP contribution in [0.5, 0.6) is 0 Å². The van der Waals surface area contributed by atoms with Gasteiger partial charge in [0.2, 0.25) is 5.91 Å². The Morgan fingerprint density at radius 1 is 1.26 bits per heavy atom. The van der Waals surface area contributed by atoms with E-state index >= 15 is 0 Å². The van der Waals surface area contributed by atoms with Gasteiger partial charge < -0.3 is 15.0 Å². The fraction of sp³-hybridized carbons (Fsp3) is 0.632. The number of nitrogens with zero attached hydrogens (tertiary/aromatic N) is 1. The summed E-state index contributed by atoms with van der Waals surface area (Å²) in [5, 5.41) is 3.70. The Balaban J connectivity index is 1.62. The Bertz CT molecular complexity index is 513. The van der Waals surface area contributed by atoms with Crippen molar-refractivity contribution in [2.75, 3.05) is 26.8 Å². The normalized spacial score (nSPS) is 27.4. The Hall–Kier alpha value is -1.39. The summed E-state index contributed by atoms with van der Waals surface area (Å²) in [6.07, 6.45) is 2.92. The van der Waals surface area contributed by atoms with Crippen LogP contribution >= 0.6 is 0 Å². The van der Waals surface area contributed by atoms with Crippen LogP contribution in [-0.2, 0) is 9.53 Å². The summed E-state index contributed by atoms with van der Waals surface area (Å²) in [7, 11) is 1.93. The molecular weight excluding hydrogens is 288 g/mol. The summed E-state index contributed by atoms with van der Waals surface area (Å²) in [4.78, 5) is 14.1. The molecule has 4 heteroatoms. The van der Waals surface area contributed by atoms with Crippen molar-refractivity contribution in [1.29, 1.82) is 0 Å². The van der Waals surface area contributed by atoms with Crippen molar-refractivity contribution in [1.82, 2.24) is 10.2 Å². The number of carbonyl (C=O) groups excluding carboxylic acids is 1. The highest BCUT2D eigenvalue weighted by atomic mass is 16.5. The fourth-order valence-electron chi connectivity index (χ4n) is 4.00. The molecule has 0 spiro atoms. The number of hydrogen-bond donors (Lipinski definition) is 1. The summed E-state index contributed by atoms with van der Waals surface area (Å²) in [6, 6.07) is 11.1. The van der Waals surface area contributed by atoms with Crippen molar-refractivity contribution in [3.05, 3.63) is 35.9 Å². The van der Waals surface area contributed by atoms with Crippen LogP contribution in [0.4, 0.5) is 0 Å². The topological polar surface area (TPSA) is 41.6 Å². The zero-order chi connectivity index (χ0) is 16.2. The van der Waals surface area contributed by atoms with Gasteiger partial charge in [0, 0.05) is 45.2 Å². The van der Waals surface area contributed by atoms with E-state index in [1.807, 2.05) is 18.0 Å². The highest BCUT2D eigenvalue weighted by molar-refractivity contribution is 5.79. The van der Waals surface area contributed by atoms with E-state index in [1.54, 1.807) is 0 Å². The molecule has 4 nitrogen and oxygen atoms in total. The predicted octanol–water partition coefficient (Wildman–Crippen LogP) is 2.61. The van der Waals surface area contributed by atoms with Gasteiger partial charge in [0.05, 0.1) is 6.04 Å². The molecule has 2 aliphatic rings. The van der Waals surface area contributed by atoms with E-state index in [9.17, 15) is 4.79 Å². The molecule has 0 aliphatic carbocycles. The lowest BCUT2D eigenvalue weighted by Gasteiger charge is -2.31. The number of hydrogen-bond acceptors (Lipinski definition) is 3. The van der Waals surface area contributed by atoms with Gasteiger partial charge in [-0.15, -0.1) is 0 Å². The average Bonchev–Trinajstić information content (AvgIpc) is 2.88. The molecule has 1 aromatic rings. The molecule has 2 fully saturated rings. The Morgan fingerprint density at radius 2 is 1.96 bits per heavy atom. The first-order chi connectivity index (χ1) is 11.2. The van der Waals surface area contributed by atoms with E-state index in [1.165, 1.54) is 5.56 Å². The van der Waals surface area contributed by atoms with Crippen molar-refractivity contribution >= 4 is 5.91 Å². The Kier molecular flexibility index (Phi) is 5.34. The van der Waals surface area contributed by atoms with E-state index in [-0.39, 0.29) is 11.9 Å².